The third-order valence-corrected chi connectivity index (χ3v) is 5.20. The van der Waals surface area contributed by atoms with Gasteiger partial charge in [-0.1, -0.05) is 29.8 Å². The number of carbonyl (C=O) groups is 1. The number of rotatable bonds is 4. The quantitative estimate of drug-likeness (QED) is 0.877. The van der Waals surface area contributed by atoms with E-state index in [9.17, 15) is 13.2 Å². The topological polar surface area (TPSA) is 79.6 Å². The highest BCUT2D eigenvalue weighted by Gasteiger charge is 2.31. The highest BCUT2D eigenvalue weighted by molar-refractivity contribution is 7.89. The van der Waals surface area contributed by atoms with E-state index in [1.54, 1.807) is 11.0 Å². The molecular weight excluding hydrogens is 364 g/mol. The Kier molecular flexibility index (Phi) is 5.17. The van der Waals surface area contributed by atoms with E-state index in [2.05, 4.69) is 5.32 Å². The number of nitrogens with one attached hydrogen (secondary N) is 1. The lowest BCUT2D eigenvalue weighted by atomic mass is 10.0. The van der Waals surface area contributed by atoms with Gasteiger partial charge in [-0.3, -0.25) is 4.79 Å². The number of piperazine rings is 1. The van der Waals surface area contributed by atoms with Crippen LogP contribution in [-0.4, -0.2) is 45.1 Å². The fourth-order valence-electron chi connectivity index (χ4n) is 2.94. The zero-order valence-electron chi connectivity index (χ0n) is 13.7. The second-order valence-electron chi connectivity index (χ2n) is 6.08. The van der Waals surface area contributed by atoms with E-state index < -0.39 is 9.84 Å². The Hall–Kier alpha value is -1.83. The molecule has 25 heavy (non-hydrogen) atoms. The molecule has 1 fully saturated rings. The van der Waals surface area contributed by atoms with Crippen LogP contribution in [0.4, 0.5) is 0 Å². The van der Waals surface area contributed by atoms with Crippen LogP contribution in [-0.2, 0) is 15.6 Å². The summed E-state index contributed by atoms with van der Waals surface area (Å²) in [4.78, 5) is 14.6. The lowest BCUT2D eigenvalue weighted by molar-refractivity contribution is 0.0600. The summed E-state index contributed by atoms with van der Waals surface area (Å²) in [5, 5.41) is 3.87. The van der Waals surface area contributed by atoms with Crippen LogP contribution in [0.25, 0.3) is 0 Å². The molecule has 2 aromatic rings. The van der Waals surface area contributed by atoms with Gasteiger partial charge in [0.25, 0.3) is 5.91 Å². The Morgan fingerprint density at radius 2 is 2.08 bits per heavy atom. The summed E-state index contributed by atoms with van der Waals surface area (Å²) < 4.78 is 28.2. The van der Waals surface area contributed by atoms with Crippen molar-refractivity contribution < 1.29 is 17.6 Å². The van der Waals surface area contributed by atoms with Gasteiger partial charge >= 0.3 is 0 Å². The zero-order valence-corrected chi connectivity index (χ0v) is 15.3. The number of halogens is 1. The lowest BCUT2D eigenvalue weighted by Gasteiger charge is -2.36. The highest BCUT2D eigenvalue weighted by atomic mass is 35.5. The molecule has 1 saturated heterocycles. The van der Waals surface area contributed by atoms with Gasteiger partial charge in [0.2, 0.25) is 0 Å². The van der Waals surface area contributed by atoms with E-state index in [-0.39, 0.29) is 29.2 Å². The normalized spacial score (nSPS) is 18.3. The van der Waals surface area contributed by atoms with Crippen molar-refractivity contribution >= 4 is 27.3 Å². The van der Waals surface area contributed by atoms with E-state index >= 15 is 0 Å². The molecule has 1 aromatic carbocycles. The summed E-state index contributed by atoms with van der Waals surface area (Å²) in [5.41, 5.74) is 0.868. The Bertz CT molecular complexity index is 878. The summed E-state index contributed by atoms with van der Waals surface area (Å²) >= 11 is 6.29. The van der Waals surface area contributed by atoms with Gasteiger partial charge in [0, 0.05) is 30.9 Å². The first-order valence-electron chi connectivity index (χ1n) is 7.88. The first-order chi connectivity index (χ1) is 11.8. The van der Waals surface area contributed by atoms with Crippen LogP contribution < -0.4 is 5.32 Å². The maximum absolute atomic E-state index is 12.9. The SMILES string of the molecule is CS(=O)(=O)Cc1ccc(C(=O)N2CCNCC2c2ccccc2Cl)o1. The van der Waals surface area contributed by atoms with Crippen molar-refractivity contribution in [1.29, 1.82) is 0 Å². The van der Waals surface area contributed by atoms with Crippen molar-refractivity contribution in [3.05, 3.63) is 58.5 Å². The van der Waals surface area contributed by atoms with E-state index in [4.69, 9.17) is 16.0 Å². The molecule has 134 valence electrons. The fourth-order valence-corrected chi connectivity index (χ4v) is 3.87. The molecule has 6 nitrogen and oxygen atoms in total. The third-order valence-electron chi connectivity index (χ3n) is 4.05. The van der Waals surface area contributed by atoms with Crippen LogP contribution in [0.5, 0.6) is 0 Å². The van der Waals surface area contributed by atoms with Crippen molar-refractivity contribution in [1.82, 2.24) is 10.2 Å². The standard InChI is InChI=1S/C17H19ClN2O4S/c1-25(22,23)11-12-6-7-16(24-12)17(21)20-9-8-19-10-15(20)13-4-2-3-5-14(13)18/h2-7,15,19H,8-11H2,1H3. The Labute approximate surface area is 151 Å². The van der Waals surface area contributed by atoms with Gasteiger partial charge in [-0.25, -0.2) is 8.42 Å². The van der Waals surface area contributed by atoms with Gasteiger partial charge in [0.1, 0.15) is 11.5 Å². The van der Waals surface area contributed by atoms with Gasteiger partial charge in [-0.2, -0.15) is 0 Å². The zero-order chi connectivity index (χ0) is 18.0. The molecule has 1 atom stereocenters. The van der Waals surface area contributed by atoms with E-state index in [1.165, 1.54) is 12.1 Å². The summed E-state index contributed by atoms with van der Waals surface area (Å²) in [5.74, 6) is -0.102. The number of furan rings is 1. The van der Waals surface area contributed by atoms with Gasteiger partial charge in [-0.05, 0) is 23.8 Å². The van der Waals surface area contributed by atoms with Crippen LogP contribution in [0.2, 0.25) is 5.02 Å². The Morgan fingerprint density at radius 1 is 1.32 bits per heavy atom. The maximum Gasteiger partial charge on any atom is 0.290 e. The monoisotopic (exact) mass is 382 g/mol. The second kappa shape index (κ2) is 7.19. The highest BCUT2D eigenvalue weighted by Crippen LogP contribution is 2.30. The van der Waals surface area contributed by atoms with Crippen LogP contribution in [0.15, 0.2) is 40.8 Å². The molecule has 0 spiro atoms. The summed E-state index contributed by atoms with van der Waals surface area (Å²) in [6.45, 7) is 1.77. The van der Waals surface area contributed by atoms with Gasteiger partial charge in [0.05, 0.1) is 6.04 Å². The third kappa shape index (κ3) is 4.23. The largest absolute Gasteiger partial charge is 0.455 e. The first-order valence-corrected chi connectivity index (χ1v) is 10.3. The number of amides is 1. The molecule has 1 N–H and O–H groups in total. The van der Waals surface area contributed by atoms with Crippen LogP contribution in [0.1, 0.15) is 27.9 Å². The minimum absolute atomic E-state index is 0.137. The summed E-state index contributed by atoms with van der Waals surface area (Å²) in [6, 6.07) is 10.3. The van der Waals surface area contributed by atoms with Crippen molar-refractivity contribution in [2.45, 2.75) is 11.8 Å². The Balaban J connectivity index is 1.85. The fraction of sp³-hybridized carbons (Fsp3) is 0.353. The van der Waals surface area contributed by atoms with Gasteiger partial charge in [0.15, 0.2) is 15.6 Å². The number of benzene rings is 1. The Morgan fingerprint density at radius 3 is 2.80 bits per heavy atom. The van der Waals surface area contributed by atoms with Gasteiger partial charge < -0.3 is 14.6 Å². The number of carbonyl (C=O) groups excluding carboxylic acids is 1. The van der Waals surface area contributed by atoms with E-state index in [0.29, 0.717) is 24.7 Å². The average molecular weight is 383 g/mol. The minimum Gasteiger partial charge on any atom is -0.455 e. The van der Waals surface area contributed by atoms with E-state index in [0.717, 1.165) is 11.8 Å². The van der Waals surface area contributed by atoms with Crippen molar-refractivity contribution in [3.63, 3.8) is 0 Å². The molecular formula is C17H19ClN2O4S. The van der Waals surface area contributed by atoms with Crippen LogP contribution >= 0.6 is 11.6 Å². The summed E-state index contributed by atoms with van der Waals surface area (Å²) in [7, 11) is -3.22. The first kappa shape index (κ1) is 18.0. The van der Waals surface area contributed by atoms with Crippen molar-refractivity contribution in [2.75, 3.05) is 25.9 Å². The molecule has 1 aliphatic rings. The number of hydrogen-bond donors (Lipinski definition) is 1. The molecule has 1 amide bonds. The predicted octanol–water partition coefficient (Wildman–Crippen LogP) is 2.26. The molecule has 0 aliphatic carbocycles. The number of sulfone groups is 1. The maximum atomic E-state index is 12.9. The van der Waals surface area contributed by atoms with E-state index in [1.807, 2.05) is 18.2 Å². The molecule has 8 heteroatoms. The molecule has 0 bridgehead atoms. The number of nitrogens with zero attached hydrogens (tertiary/aromatic N) is 1. The van der Waals surface area contributed by atoms with Crippen LogP contribution in [0.3, 0.4) is 0 Å². The minimum atomic E-state index is -3.22. The van der Waals surface area contributed by atoms with Crippen molar-refractivity contribution in [2.24, 2.45) is 0 Å². The molecule has 1 aliphatic heterocycles. The molecule has 3 rings (SSSR count). The second-order valence-corrected chi connectivity index (χ2v) is 8.62. The van der Waals surface area contributed by atoms with Crippen molar-refractivity contribution in [3.8, 4) is 0 Å². The molecule has 1 aromatic heterocycles. The average Bonchev–Trinajstić information content (AvgIpc) is 3.01. The molecule has 1 unspecified atom stereocenters. The lowest BCUT2D eigenvalue weighted by Crippen LogP contribution is -2.48. The van der Waals surface area contributed by atoms with Gasteiger partial charge in [-0.15, -0.1) is 0 Å². The smallest absolute Gasteiger partial charge is 0.290 e. The van der Waals surface area contributed by atoms with Crippen LogP contribution in [0, 0.1) is 0 Å². The molecule has 0 saturated carbocycles. The number of hydrogen-bond acceptors (Lipinski definition) is 5. The predicted molar refractivity (Wildman–Crippen MR) is 95.4 cm³/mol. The molecule has 0 radical (unpaired) electrons. The summed E-state index contributed by atoms with van der Waals surface area (Å²) in [6.07, 6.45) is 1.13. The molecule has 2 heterocycles.